The highest BCUT2D eigenvalue weighted by Crippen LogP contribution is 2.29. The van der Waals surface area contributed by atoms with Gasteiger partial charge in [0.25, 0.3) is 10.0 Å². The first-order valence-corrected chi connectivity index (χ1v) is 9.22. The third-order valence-electron chi connectivity index (χ3n) is 3.60. The number of ether oxygens (including phenoxy) is 1. The Morgan fingerprint density at radius 3 is 2.52 bits per heavy atom. The molecule has 25 heavy (non-hydrogen) atoms. The number of sulfonamides is 1. The zero-order valence-electron chi connectivity index (χ0n) is 13.6. The van der Waals surface area contributed by atoms with Gasteiger partial charge in [-0.25, -0.2) is 8.42 Å². The Morgan fingerprint density at radius 1 is 1.12 bits per heavy atom. The Bertz CT molecular complexity index is 1000. The predicted molar refractivity (Wildman–Crippen MR) is 97.5 cm³/mol. The monoisotopic (exact) mass is 377 g/mol. The Kier molecular flexibility index (Phi) is 4.69. The highest BCUT2D eigenvalue weighted by Gasteiger charge is 2.22. The van der Waals surface area contributed by atoms with Gasteiger partial charge in [-0.15, -0.1) is 0 Å². The molecule has 130 valence electrons. The number of aromatic nitrogens is 2. The van der Waals surface area contributed by atoms with Crippen molar-refractivity contribution in [2.24, 2.45) is 7.05 Å². The zero-order chi connectivity index (χ0) is 18.0. The smallest absolute Gasteiger partial charge is 0.266 e. The van der Waals surface area contributed by atoms with Gasteiger partial charge in [-0.05, 0) is 18.2 Å². The summed E-state index contributed by atoms with van der Waals surface area (Å²) < 4.78 is 34.6. The number of nitrogens with one attached hydrogen (secondary N) is 1. The minimum absolute atomic E-state index is 0.0371. The Labute approximate surface area is 151 Å². The average Bonchev–Trinajstić information content (AvgIpc) is 2.96. The van der Waals surface area contributed by atoms with E-state index in [-0.39, 0.29) is 10.6 Å². The molecule has 0 bridgehead atoms. The molecule has 0 aliphatic rings. The number of anilines is 1. The van der Waals surface area contributed by atoms with E-state index in [2.05, 4.69) is 9.82 Å². The maximum absolute atomic E-state index is 12.7. The Balaban J connectivity index is 1.97. The normalized spacial score (nSPS) is 11.3. The molecule has 3 aromatic rings. The first kappa shape index (κ1) is 17.3. The predicted octanol–water partition coefficient (Wildman–Crippen LogP) is 3.55. The van der Waals surface area contributed by atoms with Gasteiger partial charge >= 0.3 is 0 Å². The van der Waals surface area contributed by atoms with Crippen molar-refractivity contribution in [1.29, 1.82) is 0 Å². The van der Waals surface area contributed by atoms with Crippen molar-refractivity contribution in [2.45, 2.75) is 4.90 Å². The number of aryl methyl sites for hydroxylation is 1. The molecule has 1 N–H and O–H groups in total. The first-order chi connectivity index (χ1) is 11.9. The van der Waals surface area contributed by atoms with Crippen LogP contribution in [0.5, 0.6) is 5.75 Å². The van der Waals surface area contributed by atoms with Crippen LogP contribution in [-0.4, -0.2) is 25.3 Å². The molecule has 0 aliphatic carbocycles. The van der Waals surface area contributed by atoms with E-state index in [1.807, 2.05) is 30.3 Å². The summed E-state index contributed by atoms with van der Waals surface area (Å²) in [5.41, 5.74) is 1.56. The van der Waals surface area contributed by atoms with Crippen molar-refractivity contribution in [3.63, 3.8) is 0 Å². The van der Waals surface area contributed by atoms with E-state index in [0.717, 1.165) is 5.56 Å². The maximum atomic E-state index is 12.7. The Morgan fingerprint density at radius 2 is 1.84 bits per heavy atom. The van der Waals surface area contributed by atoms with Gasteiger partial charge < -0.3 is 4.74 Å². The lowest BCUT2D eigenvalue weighted by molar-refractivity contribution is 0.403. The summed E-state index contributed by atoms with van der Waals surface area (Å²) in [5.74, 6) is 0.545. The molecule has 0 spiro atoms. The molecule has 1 aromatic heterocycles. The van der Waals surface area contributed by atoms with Crippen LogP contribution in [0.4, 0.5) is 5.82 Å². The van der Waals surface area contributed by atoms with Crippen LogP contribution in [0.2, 0.25) is 5.02 Å². The minimum atomic E-state index is -3.89. The van der Waals surface area contributed by atoms with Crippen LogP contribution in [0.15, 0.2) is 59.5 Å². The molecule has 3 rings (SSSR count). The molecular weight excluding hydrogens is 362 g/mol. The second-order valence-corrected chi connectivity index (χ2v) is 7.39. The molecule has 0 amide bonds. The lowest BCUT2D eigenvalue weighted by Gasteiger charge is -2.11. The van der Waals surface area contributed by atoms with Crippen LogP contribution in [0.25, 0.3) is 11.3 Å². The lowest BCUT2D eigenvalue weighted by Crippen LogP contribution is -2.16. The lowest BCUT2D eigenvalue weighted by atomic mass is 10.2. The summed E-state index contributed by atoms with van der Waals surface area (Å²) in [6.07, 6.45) is 0. The molecular formula is C17H16ClN3O3S. The van der Waals surface area contributed by atoms with Crippen LogP contribution in [0, 0.1) is 0 Å². The molecule has 0 radical (unpaired) electrons. The molecule has 0 fully saturated rings. The molecule has 8 heteroatoms. The van der Waals surface area contributed by atoms with E-state index in [4.69, 9.17) is 16.3 Å². The van der Waals surface area contributed by atoms with Crippen molar-refractivity contribution in [1.82, 2.24) is 9.78 Å². The fourth-order valence-corrected chi connectivity index (χ4v) is 3.88. The van der Waals surface area contributed by atoms with Crippen LogP contribution >= 0.6 is 11.6 Å². The minimum Gasteiger partial charge on any atom is -0.495 e. The topological polar surface area (TPSA) is 73.2 Å². The van der Waals surface area contributed by atoms with Gasteiger partial charge in [0.2, 0.25) is 0 Å². The SMILES string of the molecule is COc1ccc(Cl)cc1S(=O)(=O)Nc1cc(-c2ccccc2)nn1C. The van der Waals surface area contributed by atoms with Gasteiger partial charge in [-0.1, -0.05) is 41.9 Å². The van der Waals surface area contributed by atoms with Crippen molar-refractivity contribution < 1.29 is 13.2 Å². The van der Waals surface area contributed by atoms with Crippen LogP contribution < -0.4 is 9.46 Å². The quantitative estimate of drug-likeness (QED) is 0.738. The fraction of sp³-hybridized carbons (Fsp3) is 0.118. The Hall–Kier alpha value is -2.51. The second kappa shape index (κ2) is 6.78. The largest absolute Gasteiger partial charge is 0.495 e. The number of hydrogen-bond acceptors (Lipinski definition) is 4. The van der Waals surface area contributed by atoms with Gasteiger partial charge in [0, 0.05) is 23.7 Å². The number of methoxy groups -OCH3 is 1. The highest BCUT2D eigenvalue weighted by atomic mass is 35.5. The van der Waals surface area contributed by atoms with E-state index < -0.39 is 10.0 Å². The molecule has 0 saturated carbocycles. The van der Waals surface area contributed by atoms with Gasteiger partial charge in [0.05, 0.1) is 12.8 Å². The highest BCUT2D eigenvalue weighted by molar-refractivity contribution is 7.92. The number of nitrogens with zero attached hydrogens (tertiary/aromatic N) is 2. The number of halogens is 1. The number of benzene rings is 2. The fourth-order valence-electron chi connectivity index (χ4n) is 2.37. The standard InChI is InChI=1S/C17H16ClN3O3S/c1-21-17(11-14(19-21)12-6-4-3-5-7-12)20-25(22,23)16-10-13(18)8-9-15(16)24-2/h3-11,20H,1-2H3. The molecule has 1 heterocycles. The molecule has 0 atom stereocenters. The van der Waals surface area contributed by atoms with Crippen molar-refractivity contribution in [3.8, 4) is 17.0 Å². The summed E-state index contributed by atoms with van der Waals surface area (Å²) in [6.45, 7) is 0. The maximum Gasteiger partial charge on any atom is 0.266 e. The van der Waals surface area contributed by atoms with Gasteiger partial charge in [-0.2, -0.15) is 5.10 Å². The van der Waals surface area contributed by atoms with Crippen LogP contribution in [-0.2, 0) is 17.1 Å². The first-order valence-electron chi connectivity index (χ1n) is 7.36. The van der Waals surface area contributed by atoms with E-state index in [1.165, 1.54) is 23.9 Å². The van der Waals surface area contributed by atoms with E-state index in [9.17, 15) is 8.42 Å². The summed E-state index contributed by atoms with van der Waals surface area (Å²) in [6, 6.07) is 15.6. The molecule has 0 saturated heterocycles. The average molecular weight is 378 g/mol. The third-order valence-corrected chi connectivity index (χ3v) is 5.21. The molecule has 2 aromatic carbocycles. The molecule has 0 unspecified atom stereocenters. The van der Waals surface area contributed by atoms with Crippen molar-refractivity contribution >= 4 is 27.4 Å². The van der Waals surface area contributed by atoms with Crippen LogP contribution in [0.3, 0.4) is 0 Å². The van der Waals surface area contributed by atoms with E-state index >= 15 is 0 Å². The van der Waals surface area contributed by atoms with E-state index in [1.54, 1.807) is 19.2 Å². The summed E-state index contributed by atoms with van der Waals surface area (Å²) >= 11 is 5.93. The van der Waals surface area contributed by atoms with E-state index in [0.29, 0.717) is 16.5 Å². The summed E-state index contributed by atoms with van der Waals surface area (Å²) in [5, 5.41) is 4.65. The zero-order valence-corrected chi connectivity index (χ0v) is 15.2. The van der Waals surface area contributed by atoms with Gasteiger partial charge in [0.1, 0.15) is 16.5 Å². The van der Waals surface area contributed by atoms with Gasteiger partial charge in [-0.3, -0.25) is 9.40 Å². The van der Waals surface area contributed by atoms with Crippen LogP contribution in [0.1, 0.15) is 0 Å². The summed E-state index contributed by atoms with van der Waals surface area (Å²) in [7, 11) is -0.821. The molecule has 0 aliphatic heterocycles. The van der Waals surface area contributed by atoms with Gasteiger partial charge in [0.15, 0.2) is 0 Å². The summed E-state index contributed by atoms with van der Waals surface area (Å²) in [4.78, 5) is -0.0371. The number of rotatable bonds is 5. The van der Waals surface area contributed by atoms with Crippen molar-refractivity contribution in [3.05, 3.63) is 59.6 Å². The number of hydrogen-bond donors (Lipinski definition) is 1. The second-order valence-electron chi connectivity index (χ2n) is 5.31. The molecule has 6 nitrogen and oxygen atoms in total. The van der Waals surface area contributed by atoms with Crippen molar-refractivity contribution in [2.75, 3.05) is 11.8 Å². The third kappa shape index (κ3) is 3.62.